The van der Waals surface area contributed by atoms with Crippen molar-refractivity contribution in [2.45, 2.75) is 60.7 Å². The zero-order valence-electron chi connectivity index (χ0n) is 19.8. The molecule has 196 valence electrons. The number of halogens is 3. The first-order valence-electron chi connectivity index (χ1n) is 12.1. The maximum atomic E-state index is 11.8. The predicted molar refractivity (Wildman–Crippen MR) is 139 cm³/mol. The van der Waals surface area contributed by atoms with E-state index in [1.54, 1.807) is 0 Å². The summed E-state index contributed by atoms with van der Waals surface area (Å²) in [7, 11) is 0. The summed E-state index contributed by atoms with van der Waals surface area (Å²) >= 11 is 16.8. The first-order chi connectivity index (χ1) is 17.3. The lowest BCUT2D eigenvalue weighted by molar-refractivity contribution is -0.253. The Kier molecular flexibility index (Phi) is 9.52. The lowest BCUT2D eigenvalue weighted by Crippen LogP contribution is -2.42. The molecule has 1 amide bonds. The second-order valence-electron chi connectivity index (χ2n) is 9.25. The molecule has 2 aliphatic heterocycles. The van der Waals surface area contributed by atoms with Crippen LogP contribution < -0.4 is 5.32 Å². The number of hydrogen-bond acceptors (Lipinski definition) is 6. The molecular formula is C26H31Cl3N2O5. The van der Waals surface area contributed by atoms with Crippen LogP contribution in [-0.4, -0.2) is 56.7 Å². The topological polar surface area (TPSA) is 91.3 Å². The van der Waals surface area contributed by atoms with Crippen molar-refractivity contribution in [2.24, 2.45) is 0 Å². The minimum Gasteiger partial charge on any atom is -0.395 e. The van der Waals surface area contributed by atoms with E-state index in [2.05, 4.69) is 10.2 Å². The summed E-state index contributed by atoms with van der Waals surface area (Å²) in [6.07, 6.45) is 1.91. The zero-order valence-corrected chi connectivity index (χ0v) is 22.1. The summed E-state index contributed by atoms with van der Waals surface area (Å²) in [4.78, 5) is 14.1. The van der Waals surface area contributed by atoms with Crippen molar-refractivity contribution in [3.63, 3.8) is 0 Å². The molecule has 2 saturated heterocycles. The van der Waals surface area contributed by atoms with Crippen LogP contribution in [0.1, 0.15) is 53.9 Å². The molecular weight excluding hydrogens is 527 g/mol. The Balaban J connectivity index is 1.48. The fraction of sp³-hybridized carbons (Fsp3) is 0.500. The van der Waals surface area contributed by atoms with Gasteiger partial charge in [-0.05, 0) is 36.1 Å². The number of amides is 1. The molecule has 3 N–H and O–H groups in total. The van der Waals surface area contributed by atoms with E-state index in [0.29, 0.717) is 6.42 Å². The third-order valence-electron chi connectivity index (χ3n) is 6.73. The molecule has 0 aliphatic carbocycles. The van der Waals surface area contributed by atoms with E-state index in [4.69, 9.17) is 44.3 Å². The summed E-state index contributed by atoms with van der Waals surface area (Å²) in [6.45, 7) is 2.03. The summed E-state index contributed by atoms with van der Waals surface area (Å²) in [5, 5.41) is 21.7. The fourth-order valence-electron chi connectivity index (χ4n) is 4.71. The molecule has 2 aromatic rings. The zero-order chi connectivity index (χ0) is 25.7. The lowest BCUT2D eigenvalue weighted by atomic mass is 9.99. The standard InChI is InChI=1S/C26H31Cl3N2O5/c27-26(28,29)25(34)30-13-17-3-9-20(10-4-17)24-35-22(14-31-11-1-2-21(31)16-33)12-23(36-24)19-7-5-18(15-32)6-8-19/h3-10,21-24,32-33H,1-2,11-16H2,(H,30,34)/t21-,22+,23-,24-/m0/s1. The average Bonchev–Trinajstić information content (AvgIpc) is 3.33. The largest absolute Gasteiger partial charge is 0.395 e. The van der Waals surface area contributed by atoms with Crippen molar-refractivity contribution < 1.29 is 24.5 Å². The van der Waals surface area contributed by atoms with Gasteiger partial charge in [0, 0.05) is 31.1 Å². The van der Waals surface area contributed by atoms with Crippen molar-refractivity contribution in [3.05, 3.63) is 70.8 Å². The van der Waals surface area contributed by atoms with Crippen molar-refractivity contribution in [2.75, 3.05) is 19.7 Å². The van der Waals surface area contributed by atoms with Crippen LogP contribution in [0.2, 0.25) is 0 Å². The Morgan fingerprint density at radius 3 is 2.31 bits per heavy atom. The highest BCUT2D eigenvalue weighted by molar-refractivity contribution is 6.76. The minimum atomic E-state index is -2.01. The molecule has 4 atom stereocenters. The number of ether oxygens (including phenoxy) is 2. The maximum absolute atomic E-state index is 11.8. The molecule has 2 aromatic carbocycles. The van der Waals surface area contributed by atoms with Gasteiger partial charge >= 0.3 is 0 Å². The van der Waals surface area contributed by atoms with Crippen molar-refractivity contribution >= 4 is 40.7 Å². The van der Waals surface area contributed by atoms with Gasteiger partial charge in [0.25, 0.3) is 9.70 Å². The Morgan fingerprint density at radius 2 is 1.67 bits per heavy atom. The van der Waals surface area contributed by atoms with Gasteiger partial charge in [0.15, 0.2) is 6.29 Å². The lowest BCUT2D eigenvalue weighted by Gasteiger charge is -2.38. The van der Waals surface area contributed by atoms with Crippen LogP contribution in [0.5, 0.6) is 0 Å². The second kappa shape index (κ2) is 12.4. The highest BCUT2D eigenvalue weighted by Gasteiger charge is 2.35. The number of carbonyl (C=O) groups is 1. The number of aliphatic hydroxyl groups is 2. The Labute approximate surface area is 226 Å². The van der Waals surface area contributed by atoms with Gasteiger partial charge < -0.3 is 25.0 Å². The molecule has 0 radical (unpaired) electrons. The number of rotatable bonds is 8. The number of nitrogens with one attached hydrogen (secondary N) is 1. The number of likely N-dealkylation sites (tertiary alicyclic amines) is 1. The maximum Gasteiger partial charge on any atom is 0.272 e. The summed E-state index contributed by atoms with van der Waals surface area (Å²) < 4.78 is 10.8. The van der Waals surface area contributed by atoms with Crippen LogP contribution in [0, 0.1) is 0 Å². The summed E-state index contributed by atoms with van der Waals surface area (Å²) in [5.41, 5.74) is 3.57. The first kappa shape index (κ1) is 27.6. The van der Waals surface area contributed by atoms with Gasteiger partial charge in [0.2, 0.25) is 0 Å². The second-order valence-corrected chi connectivity index (χ2v) is 11.5. The third-order valence-corrected chi connectivity index (χ3v) is 7.24. The number of hydrogen-bond donors (Lipinski definition) is 3. The minimum absolute atomic E-state index is 0.00780. The van der Waals surface area contributed by atoms with Crippen molar-refractivity contribution in [1.29, 1.82) is 0 Å². The number of aliphatic hydroxyl groups excluding tert-OH is 2. The van der Waals surface area contributed by atoms with E-state index in [1.165, 1.54) is 0 Å². The summed E-state index contributed by atoms with van der Waals surface area (Å²) in [6, 6.07) is 15.5. The van der Waals surface area contributed by atoms with Crippen LogP contribution in [0.15, 0.2) is 48.5 Å². The van der Waals surface area contributed by atoms with Crippen LogP contribution in [0.4, 0.5) is 0 Å². The van der Waals surface area contributed by atoms with Crippen LogP contribution in [0.25, 0.3) is 0 Å². The molecule has 4 rings (SSSR count). The Hall–Kier alpha value is -1.42. The normalized spacial score (nSPS) is 25.1. The molecule has 0 saturated carbocycles. The van der Waals surface area contributed by atoms with E-state index in [9.17, 15) is 15.0 Å². The number of carbonyl (C=O) groups excluding carboxylic acids is 1. The fourth-order valence-corrected chi connectivity index (χ4v) is 4.91. The molecule has 36 heavy (non-hydrogen) atoms. The van der Waals surface area contributed by atoms with Crippen LogP contribution in [0.3, 0.4) is 0 Å². The molecule has 2 aliphatic rings. The van der Waals surface area contributed by atoms with Gasteiger partial charge in [-0.2, -0.15) is 0 Å². The molecule has 0 unspecified atom stereocenters. The monoisotopic (exact) mass is 556 g/mol. The number of alkyl halides is 3. The average molecular weight is 558 g/mol. The molecule has 2 fully saturated rings. The highest BCUT2D eigenvalue weighted by atomic mass is 35.6. The molecule has 2 heterocycles. The number of benzene rings is 2. The van der Waals surface area contributed by atoms with E-state index >= 15 is 0 Å². The van der Waals surface area contributed by atoms with Gasteiger partial charge in [-0.25, -0.2) is 0 Å². The van der Waals surface area contributed by atoms with Gasteiger partial charge in [-0.3, -0.25) is 9.69 Å². The molecule has 7 nitrogen and oxygen atoms in total. The van der Waals surface area contributed by atoms with E-state index in [1.807, 2.05) is 48.5 Å². The van der Waals surface area contributed by atoms with E-state index in [0.717, 1.165) is 48.2 Å². The molecule has 0 aromatic heterocycles. The highest BCUT2D eigenvalue weighted by Crippen LogP contribution is 2.38. The third kappa shape index (κ3) is 7.11. The molecule has 0 bridgehead atoms. The Bertz CT molecular complexity index is 1000. The van der Waals surface area contributed by atoms with Crippen molar-refractivity contribution in [3.8, 4) is 0 Å². The number of nitrogens with zero attached hydrogens (tertiary/aromatic N) is 1. The SMILES string of the molecule is O=C(NCc1ccc([C@H]2O[C@@H](CN3CCC[C@H]3CO)C[C@@H](c3ccc(CO)cc3)O2)cc1)C(Cl)(Cl)Cl. The Morgan fingerprint density at radius 1 is 1.00 bits per heavy atom. The van der Waals surface area contributed by atoms with Gasteiger partial charge in [0.1, 0.15) is 0 Å². The van der Waals surface area contributed by atoms with Crippen LogP contribution >= 0.6 is 34.8 Å². The smallest absolute Gasteiger partial charge is 0.272 e. The van der Waals surface area contributed by atoms with E-state index in [-0.39, 0.29) is 38.0 Å². The van der Waals surface area contributed by atoms with Crippen molar-refractivity contribution in [1.82, 2.24) is 10.2 Å². The predicted octanol–water partition coefficient (Wildman–Crippen LogP) is 4.17. The van der Waals surface area contributed by atoms with Gasteiger partial charge in [-0.1, -0.05) is 83.3 Å². The van der Waals surface area contributed by atoms with Gasteiger partial charge in [-0.15, -0.1) is 0 Å². The first-order valence-corrected chi connectivity index (χ1v) is 13.2. The summed E-state index contributed by atoms with van der Waals surface area (Å²) in [5.74, 6) is -0.684. The van der Waals surface area contributed by atoms with Crippen LogP contribution in [-0.2, 0) is 27.4 Å². The molecule has 0 spiro atoms. The molecule has 10 heteroatoms. The van der Waals surface area contributed by atoms with E-state index < -0.39 is 16.0 Å². The van der Waals surface area contributed by atoms with Gasteiger partial charge in [0.05, 0.1) is 25.4 Å². The quantitative estimate of drug-likeness (QED) is 0.422.